The van der Waals surface area contributed by atoms with Gasteiger partial charge < -0.3 is 5.11 Å². The zero-order valence-electron chi connectivity index (χ0n) is 13.1. The van der Waals surface area contributed by atoms with Crippen LogP contribution in [0.15, 0.2) is 30.3 Å². The summed E-state index contributed by atoms with van der Waals surface area (Å²) in [7, 11) is 0. The summed E-state index contributed by atoms with van der Waals surface area (Å²) in [4.78, 5) is 2.55. The van der Waals surface area contributed by atoms with Crippen LogP contribution in [0.1, 0.15) is 58.1 Å². The molecule has 0 aromatic heterocycles. The van der Waals surface area contributed by atoms with Crippen molar-refractivity contribution in [1.82, 2.24) is 4.90 Å². The molecule has 0 amide bonds. The van der Waals surface area contributed by atoms with Crippen LogP contribution in [-0.2, 0) is 0 Å². The van der Waals surface area contributed by atoms with E-state index in [0.29, 0.717) is 12.0 Å². The minimum atomic E-state index is -0.393. The third-order valence-electron chi connectivity index (χ3n) is 4.49. The number of nitrogens with zero attached hydrogens (tertiary/aromatic N) is 1. The molecular weight excluding hydrogens is 246 g/mol. The van der Waals surface area contributed by atoms with Gasteiger partial charge in [-0.2, -0.15) is 0 Å². The summed E-state index contributed by atoms with van der Waals surface area (Å²) in [5, 5.41) is 10.7. The Bertz CT molecular complexity index is 384. The average molecular weight is 275 g/mol. The lowest BCUT2D eigenvalue weighted by Gasteiger charge is -2.38. The Balaban J connectivity index is 2.10. The molecule has 0 aliphatic heterocycles. The van der Waals surface area contributed by atoms with Gasteiger partial charge in [-0.1, -0.05) is 57.0 Å². The van der Waals surface area contributed by atoms with Crippen LogP contribution >= 0.6 is 0 Å². The Morgan fingerprint density at radius 2 is 1.70 bits per heavy atom. The number of hydrogen-bond donors (Lipinski definition) is 1. The Morgan fingerprint density at radius 3 is 2.25 bits per heavy atom. The molecule has 0 radical (unpaired) electrons. The Kier molecular flexibility index (Phi) is 5.62. The molecule has 1 fully saturated rings. The first-order valence-corrected chi connectivity index (χ1v) is 8.08. The van der Waals surface area contributed by atoms with E-state index >= 15 is 0 Å². The van der Waals surface area contributed by atoms with Crippen LogP contribution in [0, 0.1) is 5.92 Å². The predicted molar refractivity (Wildman–Crippen MR) is 84.7 cm³/mol. The number of rotatable bonds is 6. The van der Waals surface area contributed by atoms with Crippen LogP contribution in [0.4, 0.5) is 0 Å². The summed E-state index contributed by atoms with van der Waals surface area (Å²) in [6.45, 7) is 7.79. The molecule has 1 aliphatic rings. The summed E-state index contributed by atoms with van der Waals surface area (Å²) in [6, 6.07) is 10.9. The molecule has 1 aromatic rings. The van der Waals surface area contributed by atoms with E-state index in [-0.39, 0.29) is 6.04 Å². The van der Waals surface area contributed by atoms with Crippen LogP contribution in [0.25, 0.3) is 0 Å². The molecule has 0 bridgehead atoms. The minimum Gasteiger partial charge on any atom is -0.387 e. The van der Waals surface area contributed by atoms with Gasteiger partial charge >= 0.3 is 0 Å². The molecule has 2 atom stereocenters. The molecule has 0 saturated heterocycles. The third kappa shape index (κ3) is 3.83. The van der Waals surface area contributed by atoms with Gasteiger partial charge in [0.1, 0.15) is 0 Å². The van der Waals surface area contributed by atoms with Crippen molar-refractivity contribution in [1.29, 1.82) is 0 Å². The summed E-state index contributed by atoms with van der Waals surface area (Å²) in [6.07, 6.45) is 4.87. The van der Waals surface area contributed by atoms with Gasteiger partial charge in [0, 0.05) is 18.6 Å². The topological polar surface area (TPSA) is 23.5 Å². The SMILES string of the molecule is CC(C)CN(C1CCCC1)C(C)C(O)c1ccccc1. The quantitative estimate of drug-likeness (QED) is 0.848. The second-order valence-electron chi connectivity index (χ2n) is 6.63. The van der Waals surface area contributed by atoms with Gasteiger partial charge in [-0.15, -0.1) is 0 Å². The average Bonchev–Trinajstić information content (AvgIpc) is 2.98. The lowest BCUT2D eigenvalue weighted by molar-refractivity contribution is 0.0259. The zero-order valence-corrected chi connectivity index (χ0v) is 13.1. The predicted octanol–water partition coefficient (Wildman–Crippen LogP) is 4.01. The zero-order chi connectivity index (χ0) is 14.5. The molecule has 2 heteroatoms. The van der Waals surface area contributed by atoms with Crippen LogP contribution < -0.4 is 0 Å². The maximum Gasteiger partial charge on any atom is 0.0942 e. The molecule has 1 aromatic carbocycles. The Hall–Kier alpha value is -0.860. The highest BCUT2D eigenvalue weighted by Gasteiger charge is 2.30. The van der Waals surface area contributed by atoms with E-state index in [1.165, 1.54) is 25.7 Å². The molecule has 0 spiro atoms. The third-order valence-corrected chi connectivity index (χ3v) is 4.49. The number of aliphatic hydroxyl groups is 1. The van der Waals surface area contributed by atoms with Crippen molar-refractivity contribution in [2.45, 2.75) is 64.6 Å². The first kappa shape index (κ1) is 15.5. The lowest BCUT2D eigenvalue weighted by Crippen LogP contribution is -2.45. The van der Waals surface area contributed by atoms with E-state index in [2.05, 4.69) is 25.7 Å². The number of benzene rings is 1. The second-order valence-corrected chi connectivity index (χ2v) is 6.63. The second kappa shape index (κ2) is 7.24. The highest BCUT2D eigenvalue weighted by molar-refractivity contribution is 5.18. The van der Waals surface area contributed by atoms with Gasteiger partial charge in [0.15, 0.2) is 0 Å². The van der Waals surface area contributed by atoms with Gasteiger partial charge in [-0.25, -0.2) is 0 Å². The van der Waals surface area contributed by atoms with Gasteiger partial charge in [-0.05, 0) is 31.2 Å². The van der Waals surface area contributed by atoms with E-state index in [1.807, 2.05) is 30.3 Å². The smallest absolute Gasteiger partial charge is 0.0942 e. The Labute approximate surface area is 123 Å². The van der Waals surface area contributed by atoms with Gasteiger partial charge in [-0.3, -0.25) is 4.90 Å². The molecule has 2 rings (SSSR count). The Morgan fingerprint density at radius 1 is 1.10 bits per heavy atom. The van der Waals surface area contributed by atoms with Crippen LogP contribution in [-0.4, -0.2) is 28.6 Å². The highest BCUT2D eigenvalue weighted by atomic mass is 16.3. The van der Waals surface area contributed by atoms with Crippen molar-refractivity contribution < 1.29 is 5.11 Å². The molecular formula is C18H29NO. The lowest BCUT2D eigenvalue weighted by atomic mass is 9.99. The molecule has 1 N–H and O–H groups in total. The summed E-state index contributed by atoms with van der Waals surface area (Å²) in [5.74, 6) is 0.640. The molecule has 2 unspecified atom stereocenters. The number of aliphatic hydroxyl groups excluding tert-OH is 1. The fraction of sp³-hybridized carbons (Fsp3) is 0.667. The molecule has 112 valence electrons. The van der Waals surface area contributed by atoms with Crippen molar-refractivity contribution >= 4 is 0 Å². The van der Waals surface area contributed by atoms with E-state index < -0.39 is 6.10 Å². The molecule has 1 aliphatic carbocycles. The van der Waals surface area contributed by atoms with E-state index in [0.717, 1.165) is 12.1 Å². The van der Waals surface area contributed by atoms with Gasteiger partial charge in [0.05, 0.1) is 6.10 Å². The van der Waals surface area contributed by atoms with Crippen molar-refractivity contribution in [2.75, 3.05) is 6.54 Å². The maximum absolute atomic E-state index is 10.7. The fourth-order valence-electron chi connectivity index (χ4n) is 3.42. The van der Waals surface area contributed by atoms with E-state index in [1.54, 1.807) is 0 Å². The molecule has 20 heavy (non-hydrogen) atoms. The van der Waals surface area contributed by atoms with Crippen molar-refractivity contribution in [2.24, 2.45) is 5.92 Å². The van der Waals surface area contributed by atoms with Crippen molar-refractivity contribution in [3.05, 3.63) is 35.9 Å². The summed E-state index contributed by atoms with van der Waals surface area (Å²) < 4.78 is 0. The largest absolute Gasteiger partial charge is 0.387 e. The van der Waals surface area contributed by atoms with E-state index in [9.17, 15) is 5.11 Å². The van der Waals surface area contributed by atoms with Crippen LogP contribution in [0.2, 0.25) is 0 Å². The molecule has 0 heterocycles. The van der Waals surface area contributed by atoms with Gasteiger partial charge in [0.25, 0.3) is 0 Å². The normalized spacial score (nSPS) is 19.7. The van der Waals surface area contributed by atoms with Crippen molar-refractivity contribution in [3.63, 3.8) is 0 Å². The monoisotopic (exact) mass is 275 g/mol. The summed E-state index contributed by atoms with van der Waals surface area (Å²) >= 11 is 0. The van der Waals surface area contributed by atoms with Gasteiger partial charge in [0.2, 0.25) is 0 Å². The van der Waals surface area contributed by atoms with Crippen LogP contribution in [0.5, 0.6) is 0 Å². The minimum absolute atomic E-state index is 0.183. The molecule has 1 saturated carbocycles. The molecule has 2 nitrogen and oxygen atoms in total. The van der Waals surface area contributed by atoms with Crippen molar-refractivity contribution in [3.8, 4) is 0 Å². The standard InChI is InChI=1S/C18H29NO/c1-14(2)13-19(17-11-7-8-12-17)15(3)18(20)16-9-5-4-6-10-16/h4-6,9-10,14-15,17-18,20H,7-8,11-13H2,1-3H3. The first-order valence-electron chi connectivity index (χ1n) is 8.08. The maximum atomic E-state index is 10.7. The van der Waals surface area contributed by atoms with Crippen LogP contribution in [0.3, 0.4) is 0 Å². The number of hydrogen-bond acceptors (Lipinski definition) is 2. The first-order chi connectivity index (χ1) is 9.59. The fourth-order valence-corrected chi connectivity index (χ4v) is 3.42. The van der Waals surface area contributed by atoms with E-state index in [4.69, 9.17) is 0 Å². The highest BCUT2D eigenvalue weighted by Crippen LogP contribution is 2.30. The summed E-state index contributed by atoms with van der Waals surface area (Å²) in [5.41, 5.74) is 1.03.